The number of benzene rings is 1. The number of carbonyl (C=O) groups excluding carboxylic acids is 1. The molecule has 3 heterocycles. The van der Waals surface area contributed by atoms with Gasteiger partial charge < -0.3 is 8.94 Å². The molecule has 9 nitrogen and oxygen atoms in total. The maximum Gasteiger partial charge on any atom is 0.328 e. The summed E-state index contributed by atoms with van der Waals surface area (Å²) in [7, 11) is 0. The van der Waals surface area contributed by atoms with Crippen LogP contribution >= 0.6 is 0 Å². The molecular weight excluding hydrogens is 391 g/mol. The molecule has 1 N–H and O–H groups in total. The summed E-state index contributed by atoms with van der Waals surface area (Å²) in [5.74, 6) is 0.852. The van der Waals surface area contributed by atoms with Crippen LogP contribution in [0.4, 0.5) is 10.4 Å². The van der Waals surface area contributed by atoms with Crippen molar-refractivity contribution in [1.29, 1.82) is 0 Å². The van der Waals surface area contributed by atoms with Gasteiger partial charge in [0.1, 0.15) is 5.82 Å². The van der Waals surface area contributed by atoms with Gasteiger partial charge in [-0.3, -0.25) is 15.0 Å². The van der Waals surface area contributed by atoms with Crippen LogP contribution in [0.1, 0.15) is 55.8 Å². The monoisotopic (exact) mass is 412 g/mol. The predicted molar refractivity (Wildman–Crippen MR) is 103 cm³/mol. The van der Waals surface area contributed by atoms with E-state index in [-0.39, 0.29) is 36.0 Å². The number of carbonyl (C=O) groups is 1. The van der Waals surface area contributed by atoms with E-state index in [0.717, 1.165) is 32.1 Å². The van der Waals surface area contributed by atoms with Gasteiger partial charge in [0.15, 0.2) is 5.82 Å². The molecule has 5 rings (SSSR count). The number of rotatable bonds is 6. The Morgan fingerprint density at radius 1 is 1.20 bits per heavy atom. The summed E-state index contributed by atoms with van der Waals surface area (Å²) < 4.78 is 24.9. The molecule has 2 fully saturated rings. The van der Waals surface area contributed by atoms with Gasteiger partial charge in [0.2, 0.25) is 11.8 Å². The number of hydrogen-bond donors (Lipinski definition) is 1. The van der Waals surface area contributed by atoms with Gasteiger partial charge in [-0.2, -0.15) is 4.98 Å². The second-order valence-electron chi connectivity index (χ2n) is 7.69. The van der Waals surface area contributed by atoms with Crippen molar-refractivity contribution >= 4 is 11.9 Å². The fraction of sp³-hybridized carbons (Fsp3) is 0.450. The van der Waals surface area contributed by atoms with Gasteiger partial charge in [0.05, 0.1) is 18.2 Å². The van der Waals surface area contributed by atoms with Crippen molar-refractivity contribution in [1.82, 2.24) is 25.2 Å². The number of aromatic nitrogens is 4. The van der Waals surface area contributed by atoms with Gasteiger partial charge in [-0.1, -0.05) is 23.7 Å². The summed E-state index contributed by atoms with van der Waals surface area (Å²) >= 11 is 0. The molecule has 1 amide bonds. The smallest absolute Gasteiger partial charge is 0.328 e. The molecule has 10 heteroatoms. The number of nitrogens with zero attached hydrogens (tertiary/aromatic N) is 5. The fourth-order valence-electron chi connectivity index (χ4n) is 3.71. The van der Waals surface area contributed by atoms with E-state index in [9.17, 15) is 9.18 Å². The third-order valence-electron chi connectivity index (χ3n) is 5.42. The van der Waals surface area contributed by atoms with E-state index >= 15 is 0 Å². The number of anilines is 1. The van der Waals surface area contributed by atoms with Gasteiger partial charge in [-0.15, -0.1) is 10.2 Å². The van der Waals surface area contributed by atoms with Crippen LogP contribution in [0, 0.1) is 5.82 Å². The van der Waals surface area contributed by atoms with Crippen LogP contribution in [0.25, 0.3) is 11.5 Å². The number of hydrogen-bond acceptors (Lipinski definition) is 8. The summed E-state index contributed by atoms with van der Waals surface area (Å²) in [6.45, 7) is 0.843. The zero-order valence-electron chi connectivity index (χ0n) is 16.3. The Morgan fingerprint density at radius 2 is 2.07 bits per heavy atom. The highest BCUT2D eigenvalue weighted by Crippen LogP contribution is 2.38. The maximum absolute atomic E-state index is 14.0. The normalized spacial score (nSPS) is 19.7. The topological polar surface area (TPSA) is 110 Å². The largest absolute Gasteiger partial charge is 0.419 e. The average Bonchev–Trinajstić information content (AvgIpc) is 3.30. The van der Waals surface area contributed by atoms with Crippen LogP contribution in [0.3, 0.4) is 0 Å². The molecule has 30 heavy (non-hydrogen) atoms. The van der Waals surface area contributed by atoms with Crippen LogP contribution in [-0.2, 0) is 4.79 Å². The summed E-state index contributed by atoms with van der Waals surface area (Å²) in [6, 6.07) is 6.18. The van der Waals surface area contributed by atoms with Gasteiger partial charge in [0, 0.05) is 5.92 Å². The van der Waals surface area contributed by atoms with E-state index in [2.05, 4.69) is 25.7 Å². The zero-order chi connectivity index (χ0) is 20.5. The Kier molecular flexibility index (Phi) is 4.99. The molecule has 1 saturated heterocycles. The molecular formula is C20H21FN6O3. The third-order valence-corrected chi connectivity index (χ3v) is 5.42. The second kappa shape index (κ2) is 7.94. The molecule has 1 aliphatic heterocycles. The highest BCUT2D eigenvalue weighted by atomic mass is 19.1. The number of halogens is 1. The molecule has 3 aromatic rings. The lowest BCUT2D eigenvalue weighted by atomic mass is 10.0. The molecule has 1 atom stereocenters. The predicted octanol–water partition coefficient (Wildman–Crippen LogP) is 3.30. The molecule has 1 aromatic carbocycles. The van der Waals surface area contributed by atoms with Crippen molar-refractivity contribution in [3.05, 3.63) is 41.8 Å². The Hall–Kier alpha value is -3.14. The Morgan fingerprint density at radius 3 is 2.90 bits per heavy atom. The summed E-state index contributed by atoms with van der Waals surface area (Å²) in [5, 5.41) is 14.7. The second-order valence-corrected chi connectivity index (χ2v) is 7.69. The fourth-order valence-corrected chi connectivity index (χ4v) is 3.71. The molecule has 1 aliphatic carbocycles. The van der Waals surface area contributed by atoms with Gasteiger partial charge >= 0.3 is 6.01 Å². The first-order valence-corrected chi connectivity index (χ1v) is 10.1. The van der Waals surface area contributed by atoms with Crippen LogP contribution < -0.4 is 5.32 Å². The first-order chi connectivity index (χ1) is 14.7. The maximum atomic E-state index is 14.0. The Bertz CT molecular complexity index is 1050. The van der Waals surface area contributed by atoms with E-state index in [1.54, 1.807) is 18.2 Å². The molecule has 2 aliphatic rings. The van der Waals surface area contributed by atoms with Crippen LogP contribution in [-0.4, -0.2) is 44.2 Å². The molecule has 2 aromatic heterocycles. The van der Waals surface area contributed by atoms with E-state index < -0.39 is 5.82 Å². The van der Waals surface area contributed by atoms with Crippen molar-refractivity contribution in [2.75, 3.05) is 18.4 Å². The minimum atomic E-state index is -0.419. The van der Waals surface area contributed by atoms with Crippen LogP contribution in [0.5, 0.6) is 0 Å². The van der Waals surface area contributed by atoms with E-state index in [0.29, 0.717) is 24.2 Å². The number of piperidine rings is 1. The molecule has 0 unspecified atom stereocenters. The molecule has 0 bridgehead atoms. The Labute approximate surface area is 171 Å². The lowest BCUT2D eigenvalue weighted by Crippen LogP contribution is -2.39. The van der Waals surface area contributed by atoms with Crippen molar-refractivity contribution in [3.63, 3.8) is 0 Å². The number of amides is 1. The number of likely N-dealkylation sites (tertiary alicyclic amines) is 1. The third kappa shape index (κ3) is 3.95. The number of nitrogens with one attached hydrogen (secondary N) is 1. The van der Waals surface area contributed by atoms with Crippen LogP contribution in [0.15, 0.2) is 33.2 Å². The first kappa shape index (κ1) is 18.9. The quantitative estimate of drug-likeness (QED) is 0.657. The average molecular weight is 412 g/mol. The van der Waals surface area contributed by atoms with Crippen molar-refractivity contribution in [2.45, 2.75) is 44.1 Å². The van der Waals surface area contributed by atoms with E-state index in [4.69, 9.17) is 8.94 Å². The van der Waals surface area contributed by atoms with E-state index in [1.165, 1.54) is 6.07 Å². The lowest BCUT2D eigenvalue weighted by Gasteiger charge is -2.32. The molecule has 156 valence electrons. The molecule has 1 saturated carbocycles. The standard InChI is InChI=1S/C20H21FN6O3/c21-14-6-2-1-5-13(14)18-24-25-19(29-18)15-7-3-4-10-27(15)11-16(28)22-20-23-17(26-30-20)12-8-9-12/h1-2,5-6,12,15H,3-4,7-11H2,(H,22,23,26,28)/t15-/m0/s1. The SMILES string of the molecule is O=C(CN1CCCC[C@H]1c1nnc(-c2ccccc2F)o1)Nc1nc(C2CC2)no1. The molecule has 0 spiro atoms. The minimum Gasteiger partial charge on any atom is -0.419 e. The van der Waals surface area contributed by atoms with Crippen molar-refractivity contribution < 1.29 is 18.1 Å². The first-order valence-electron chi connectivity index (χ1n) is 10.1. The van der Waals surface area contributed by atoms with E-state index in [1.807, 2.05) is 4.90 Å². The lowest BCUT2D eigenvalue weighted by molar-refractivity contribution is -0.118. The summed E-state index contributed by atoms with van der Waals surface area (Å²) in [4.78, 5) is 18.7. The Balaban J connectivity index is 1.27. The molecule has 0 radical (unpaired) electrons. The van der Waals surface area contributed by atoms with Gasteiger partial charge in [-0.25, -0.2) is 4.39 Å². The highest BCUT2D eigenvalue weighted by Gasteiger charge is 2.32. The van der Waals surface area contributed by atoms with Crippen molar-refractivity contribution in [3.8, 4) is 11.5 Å². The van der Waals surface area contributed by atoms with Crippen LogP contribution in [0.2, 0.25) is 0 Å². The van der Waals surface area contributed by atoms with Gasteiger partial charge in [0.25, 0.3) is 5.89 Å². The summed E-state index contributed by atoms with van der Waals surface area (Å²) in [6.07, 6.45) is 4.83. The minimum absolute atomic E-state index is 0.120. The van der Waals surface area contributed by atoms with Gasteiger partial charge in [-0.05, 0) is 44.4 Å². The van der Waals surface area contributed by atoms with Crippen molar-refractivity contribution in [2.24, 2.45) is 0 Å². The highest BCUT2D eigenvalue weighted by molar-refractivity contribution is 5.90. The zero-order valence-corrected chi connectivity index (χ0v) is 16.3. The summed E-state index contributed by atoms with van der Waals surface area (Å²) in [5.41, 5.74) is 0.263.